The number of likely N-dealkylation sites (N-methyl/N-ethyl adjacent to an activating group) is 1. The smallest absolute Gasteiger partial charge is 0.222 e. The van der Waals surface area contributed by atoms with Gasteiger partial charge in [-0.25, -0.2) is 0 Å². The maximum atomic E-state index is 11.8. The summed E-state index contributed by atoms with van der Waals surface area (Å²) in [5, 5.41) is 6.81. The van der Waals surface area contributed by atoms with Gasteiger partial charge in [0.05, 0.1) is 6.54 Å². The minimum Gasteiger partial charge on any atom is -0.357 e. The first-order valence-electron chi connectivity index (χ1n) is 9.24. The number of aliphatic imine (C=N–C) groups is 1. The number of hydrogen-bond acceptors (Lipinski definition) is 3. The molecule has 1 saturated heterocycles. The summed E-state index contributed by atoms with van der Waals surface area (Å²) in [4.78, 5) is 21.0. The number of carbonyl (C=O) groups excluding carboxylic acids is 1. The first-order valence-corrected chi connectivity index (χ1v) is 9.24. The van der Waals surface area contributed by atoms with Crippen molar-refractivity contribution in [2.75, 3.05) is 39.3 Å². The number of hydrogen-bond donors (Lipinski definition) is 2. The molecule has 6 heteroatoms. The molecule has 1 unspecified atom stereocenters. The molecule has 0 spiro atoms. The molecule has 1 heterocycles. The van der Waals surface area contributed by atoms with Gasteiger partial charge in [-0.05, 0) is 32.7 Å². The maximum Gasteiger partial charge on any atom is 0.222 e. The highest BCUT2D eigenvalue weighted by Crippen LogP contribution is 2.25. The Bertz CT molecular complexity index is 408. The van der Waals surface area contributed by atoms with Crippen LogP contribution in [0.3, 0.4) is 0 Å². The third-order valence-corrected chi connectivity index (χ3v) is 4.66. The molecule has 2 fully saturated rings. The van der Waals surface area contributed by atoms with Crippen LogP contribution in [0.2, 0.25) is 0 Å². The summed E-state index contributed by atoms with van der Waals surface area (Å²) in [6, 6.07) is 1.11. The highest BCUT2D eigenvalue weighted by atomic mass is 16.2. The fraction of sp³-hybridized carbons (Fsp3) is 0.882. The molecule has 1 atom stereocenters. The molecule has 132 valence electrons. The van der Waals surface area contributed by atoms with Crippen LogP contribution in [0, 0.1) is 0 Å². The zero-order valence-electron chi connectivity index (χ0n) is 15.0. The summed E-state index contributed by atoms with van der Waals surface area (Å²) in [6.45, 7) is 11.7. The van der Waals surface area contributed by atoms with E-state index in [-0.39, 0.29) is 5.91 Å². The van der Waals surface area contributed by atoms with E-state index in [2.05, 4.69) is 29.4 Å². The molecule has 0 bridgehead atoms. The predicted molar refractivity (Wildman–Crippen MR) is 94.7 cm³/mol. The average molecular weight is 323 g/mol. The molecule has 1 aliphatic carbocycles. The van der Waals surface area contributed by atoms with Gasteiger partial charge >= 0.3 is 0 Å². The first kappa shape index (κ1) is 18.0. The maximum absolute atomic E-state index is 11.8. The van der Waals surface area contributed by atoms with Gasteiger partial charge in [-0.15, -0.1) is 0 Å². The monoisotopic (exact) mass is 323 g/mol. The molecular formula is C17H33N5O. The van der Waals surface area contributed by atoms with E-state index in [1.807, 2.05) is 11.8 Å². The molecule has 23 heavy (non-hydrogen) atoms. The second-order valence-electron chi connectivity index (χ2n) is 6.44. The van der Waals surface area contributed by atoms with Crippen LogP contribution in [0.15, 0.2) is 4.99 Å². The fourth-order valence-corrected chi connectivity index (χ4v) is 3.17. The third kappa shape index (κ3) is 5.68. The summed E-state index contributed by atoms with van der Waals surface area (Å²) in [5.41, 5.74) is 0. The van der Waals surface area contributed by atoms with E-state index in [1.54, 1.807) is 0 Å². The van der Waals surface area contributed by atoms with Crippen molar-refractivity contribution in [2.24, 2.45) is 4.99 Å². The molecule has 1 amide bonds. The van der Waals surface area contributed by atoms with Crippen molar-refractivity contribution in [3.8, 4) is 0 Å². The van der Waals surface area contributed by atoms with Crippen LogP contribution >= 0.6 is 0 Å². The van der Waals surface area contributed by atoms with E-state index in [4.69, 9.17) is 4.99 Å². The summed E-state index contributed by atoms with van der Waals surface area (Å²) >= 11 is 0. The Morgan fingerprint density at radius 2 is 2.04 bits per heavy atom. The Morgan fingerprint density at radius 1 is 1.26 bits per heavy atom. The number of likely N-dealkylation sites (tertiary alicyclic amines) is 1. The van der Waals surface area contributed by atoms with Gasteiger partial charge in [-0.3, -0.25) is 14.7 Å². The Morgan fingerprint density at radius 3 is 2.65 bits per heavy atom. The zero-order valence-corrected chi connectivity index (χ0v) is 15.0. The number of nitrogens with one attached hydrogen (secondary N) is 2. The van der Waals surface area contributed by atoms with Crippen LogP contribution in [-0.2, 0) is 4.79 Å². The lowest BCUT2D eigenvalue weighted by Gasteiger charge is -2.20. The van der Waals surface area contributed by atoms with Crippen LogP contribution in [0.4, 0.5) is 0 Å². The number of nitrogens with zero attached hydrogens (tertiary/aromatic N) is 3. The molecule has 0 aromatic heterocycles. The lowest BCUT2D eigenvalue weighted by atomic mass is 10.3. The standard InChI is InChI=1S/C17H33N5O/c1-4-16(23)22-11-9-14(13-22)20-17(18-5-2)19-10-12-21(6-3)15-7-8-15/h14-15H,4-13H2,1-3H3,(H2,18,19,20). The van der Waals surface area contributed by atoms with Gasteiger partial charge in [0, 0.05) is 44.7 Å². The first-order chi connectivity index (χ1) is 11.2. The van der Waals surface area contributed by atoms with Crippen LogP contribution < -0.4 is 10.6 Å². The van der Waals surface area contributed by atoms with Crippen molar-refractivity contribution in [1.82, 2.24) is 20.4 Å². The molecule has 0 aromatic rings. The van der Waals surface area contributed by atoms with Gasteiger partial charge in [0.25, 0.3) is 0 Å². The van der Waals surface area contributed by atoms with Crippen molar-refractivity contribution in [3.05, 3.63) is 0 Å². The van der Waals surface area contributed by atoms with Gasteiger partial charge in [0.15, 0.2) is 5.96 Å². The summed E-state index contributed by atoms with van der Waals surface area (Å²) in [6.07, 6.45) is 4.28. The van der Waals surface area contributed by atoms with Crippen molar-refractivity contribution < 1.29 is 4.79 Å². The SMILES string of the molecule is CCNC(=NCCN(CC)C1CC1)NC1CCN(C(=O)CC)C1. The molecule has 2 aliphatic rings. The zero-order chi connectivity index (χ0) is 16.7. The van der Waals surface area contributed by atoms with E-state index >= 15 is 0 Å². The van der Waals surface area contributed by atoms with Crippen molar-refractivity contribution >= 4 is 11.9 Å². The largest absolute Gasteiger partial charge is 0.357 e. The molecule has 1 aliphatic heterocycles. The molecule has 6 nitrogen and oxygen atoms in total. The lowest BCUT2D eigenvalue weighted by Crippen LogP contribution is -2.45. The van der Waals surface area contributed by atoms with E-state index in [0.717, 1.165) is 57.7 Å². The normalized spacial score (nSPS) is 21.8. The Labute approximate surface area is 140 Å². The Hall–Kier alpha value is -1.30. The topological polar surface area (TPSA) is 60.0 Å². The number of guanidine groups is 1. The second-order valence-corrected chi connectivity index (χ2v) is 6.44. The number of rotatable bonds is 8. The molecule has 2 rings (SSSR count). The van der Waals surface area contributed by atoms with Crippen molar-refractivity contribution in [3.63, 3.8) is 0 Å². The second kappa shape index (κ2) is 9.11. The quantitative estimate of drug-likeness (QED) is 0.517. The molecule has 0 radical (unpaired) electrons. The highest BCUT2D eigenvalue weighted by Gasteiger charge is 2.27. The highest BCUT2D eigenvalue weighted by molar-refractivity contribution is 5.80. The Kier molecular flexibility index (Phi) is 7.15. The minimum absolute atomic E-state index is 0.249. The van der Waals surface area contributed by atoms with Crippen LogP contribution in [-0.4, -0.2) is 73.0 Å². The van der Waals surface area contributed by atoms with Gasteiger partial charge < -0.3 is 15.5 Å². The van der Waals surface area contributed by atoms with Crippen molar-refractivity contribution in [1.29, 1.82) is 0 Å². The minimum atomic E-state index is 0.249. The molecule has 0 aromatic carbocycles. The molecular weight excluding hydrogens is 290 g/mol. The van der Waals surface area contributed by atoms with Crippen LogP contribution in [0.1, 0.15) is 46.5 Å². The summed E-state index contributed by atoms with van der Waals surface area (Å²) < 4.78 is 0. The molecule has 2 N–H and O–H groups in total. The predicted octanol–water partition coefficient (Wildman–Crippen LogP) is 1.04. The van der Waals surface area contributed by atoms with E-state index in [0.29, 0.717) is 12.5 Å². The van der Waals surface area contributed by atoms with Gasteiger partial charge in [-0.2, -0.15) is 0 Å². The van der Waals surface area contributed by atoms with Gasteiger partial charge in [-0.1, -0.05) is 13.8 Å². The summed E-state index contributed by atoms with van der Waals surface area (Å²) in [5.74, 6) is 1.13. The fourth-order valence-electron chi connectivity index (χ4n) is 3.17. The van der Waals surface area contributed by atoms with Crippen LogP contribution in [0.25, 0.3) is 0 Å². The summed E-state index contributed by atoms with van der Waals surface area (Å²) in [7, 11) is 0. The number of carbonyl (C=O) groups is 1. The average Bonchev–Trinajstić information content (AvgIpc) is 3.29. The third-order valence-electron chi connectivity index (χ3n) is 4.66. The van der Waals surface area contributed by atoms with Crippen molar-refractivity contribution in [2.45, 2.75) is 58.5 Å². The van der Waals surface area contributed by atoms with Gasteiger partial charge in [0.1, 0.15) is 0 Å². The van der Waals surface area contributed by atoms with Crippen LogP contribution in [0.5, 0.6) is 0 Å². The number of amides is 1. The van der Waals surface area contributed by atoms with Gasteiger partial charge in [0.2, 0.25) is 5.91 Å². The van der Waals surface area contributed by atoms with E-state index in [9.17, 15) is 4.79 Å². The Balaban J connectivity index is 1.78. The van der Waals surface area contributed by atoms with E-state index < -0.39 is 0 Å². The van der Waals surface area contributed by atoms with E-state index in [1.165, 1.54) is 12.8 Å². The lowest BCUT2D eigenvalue weighted by molar-refractivity contribution is -0.129. The molecule has 1 saturated carbocycles.